The summed E-state index contributed by atoms with van der Waals surface area (Å²) in [7, 11) is 4.16. The first-order valence-corrected chi connectivity index (χ1v) is 6.50. The van der Waals surface area contributed by atoms with Gasteiger partial charge in [0, 0.05) is 19.1 Å². The van der Waals surface area contributed by atoms with Crippen LogP contribution in [0.1, 0.15) is 22.5 Å². The van der Waals surface area contributed by atoms with Gasteiger partial charge >= 0.3 is 5.97 Å². The Morgan fingerprint density at radius 3 is 3.00 bits per heavy atom. The van der Waals surface area contributed by atoms with E-state index >= 15 is 0 Å². The van der Waals surface area contributed by atoms with Gasteiger partial charge in [0.15, 0.2) is 5.13 Å². The number of hydrogen-bond acceptors (Lipinski definition) is 5. The predicted molar refractivity (Wildman–Crippen MR) is 68.0 cm³/mol. The van der Waals surface area contributed by atoms with Crippen LogP contribution in [0.4, 0.5) is 5.13 Å². The van der Waals surface area contributed by atoms with E-state index in [0.717, 1.165) is 24.6 Å². The molecule has 2 rings (SSSR count). The molecule has 1 aliphatic heterocycles. The number of thiazole rings is 1. The lowest BCUT2D eigenvalue weighted by Gasteiger charge is -2.35. The first-order chi connectivity index (χ1) is 8.08. The van der Waals surface area contributed by atoms with Crippen molar-refractivity contribution in [2.24, 2.45) is 0 Å². The minimum Gasteiger partial charge on any atom is -0.477 e. The van der Waals surface area contributed by atoms with E-state index in [0.29, 0.717) is 10.9 Å². The average Bonchev–Trinajstić information content (AvgIpc) is 2.78. The largest absolute Gasteiger partial charge is 0.477 e. The van der Waals surface area contributed by atoms with Crippen LogP contribution in [0.2, 0.25) is 0 Å². The fraction of sp³-hybridized carbons (Fsp3) is 0.636. The summed E-state index contributed by atoms with van der Waals surface area (Å²) >= 11 is 1.26. The van der Waals surface area contributed by atoms with E-state index in [4.69, 9.17) is 5.11 Å². The van der Waals surface area contributed by atoms with Gasteiger partial charge in [-0.1, -0.05) is 11.3 Å². The second-order valence-electron chi connectivity index (χ2n) is 4.52. The Hall–Kier alpha value is -1.14. The summed E-state index contributed by atoms with van der Waals surface area (Å²) < 4.78 is 0. The number of rotatable bonds is 3. The van der Waals surface area contributed by atoms with Crippen molar-refractivity contribution in [3.63, 3.8) is 0 Å². The van der Waals surface area contributed by atoms with Crippen molar-refractivity contribution in [1.82, 2.24) is 9.88 Å². The van der Waals surface area contributed by atoms with Crippen molar-refractivity contribution in [1.29, 1.82) is 0 Å². The smallest absolute Gasteiger partial charge is 0.347 e. The molecule has 0 saturated carbocycles. The molecule has 1 aliphatic rings. The molecule has 2 heterocycles. The van der Waals surface area contributed by atoms with Crippen LogP contribution in [0.3, 0.4) is 0 Å². The van der Waals surface area contributed by atoms with Crippen molar-refractivity contribution in [2.75, 3.05) is 32.1 Å². The van der Waals surface area contributed by atoms with Gasteiger partial charge in [0.25, 0.3) is 0 Å². The molecule has 0 amide bonds. The normalized spacial score (nSPS) is 20.9. The van der Waals surface area contributed by atoms with Crippen LogP contribution < -0.4 is 4.90 Å². The Labute approximate surface area is 105 Å². The molecule has 6 heteroatoms. The lowest BCUT2D eigenvalue weighted by Crippen LogP contribution is -2.45. The average molecular weight is 255 g/mol. The Kier molecular flexibility index (Phi) is 3.63. The van der Waals surface area contributed by atoms with E-state index < -0.39 is 5.97 Å². The van der Waals surface area contributed by atoms with Crippen LogP contribution in [0.5, 0.6) is 0 Å². The standard InChI is InChI=1S/C11H17N3O2S/c1-13(2)8-4-3-5-14(7-8)11-12-6-9(17-11)10(15)16/h6,8H,3-5,7H2,1-2H3,(H,15,16). The van der Waals surface area contributed by atoms with Gasteiger partial charge in [0.2, 0.25) is 0 Å². The molecule has 1 saturated heterocycles. The highest BCUT2D eigenvalue weighted by molar-refractivity contribution is 7.17. The van der Waals surface area contributed by atoms with Gasteiger partial charge in [-0.3, -0.25) is 0 Å². The summed E-state index contributed by atoms with van der Waals surface area (Å²) in [5, 5.41) is 9.71. The highest BCUT2D eigenvalue weighted by Crippen LogP contribution is 2.26. The summed E-state index contributed by atoms with van der Waals surface area (Å²) in [5.41, 5.74) is 0. The van der Waals surface area contributed by atoms with Gasteiger partial charge < -0.3 is 14.9 Å². The van der Waals surface area contributed by atoms with Crippen LogP contribution in [0, 0.1) is 0 Å². The zero-order valence-electron chi connectivity index (χ0n) is 10.1. The summed E-state index contributed by atoms with van der Waals surface area (Å²) in [5.74, 6) is -0.894. The number of aromatic carboxylic acids is 1. The molecule has 5 nitrogen and oxygen atoms in total. The highest BCUT2D eigenvalue weighted by Gasteiger charge is 2.23. The third-order valence-electron chi connectivity index (χ3n) is 3.10. The maximum absolute atomic E-state index is 10.8. The molecule has 1 fully saturated rings. The Morgan fingerprint density at radius 2 is 2.41 bits per heavy atom. The second kappa shape index (κ2) is 5.01. The van der Waals surface area contributed by atoms with E-state index in [9.17, 15) is 4.79 Å². The molecule has 0 aliphatic carbocycles. The van der Waals surface area contributed by atoms with Gasteiger partial charge in [0.1, 0.15) is 4.88 Å². The fourth-order valence-corrected chi connectivity index (χ4v) is 2.85. The Balaban J connectivity index is 2.08. The lowest BCUT2D eigenvalue weighted by molar-refractivity contribution is 0.0702. The highest BCUT2D eigenvalue weighted by atomic mass is 32.1. The topological polar surface area (TPSA) is 56.7 Å². The van der Waals surface area contributed by atoms with Crippen molar-refractivity contribution >= 4 is 22.4 Å². The van der Waals surface area contributed by atoms with Gasteiger partial charge in [-0.15, -0.1) is 0 Å². The second-order valence-corrected chi connectivity index (χ2v) is 5.53. The molecule has 1 N–H and O–H groups in total. The number of likely N-dealkylation sites (N-methyl/N-ethyl adjacent to an activating group) is 1. The summed E-state index contributed by atoms with van der Waals surface area (Å²) in [6.45, 7) is 1.90. The number of carbonyl (C=O) groups is 1. The van der Waals surface area contributed by atoms with E-state index in [1.807, 2.05) is 0 Å². The number of piperidine rings is 1. The number of hydrogen-bond donors (Lipinski definition) is 1. The number of aromatic nitrogens is 1. The van der Waals surface area contributed by atoms with Crippen molar-refractivity contribution in [3.8, 4) is 0 Å². The molecule has 0 spiro atoms. The third-order valence-corrected chi connectivity index (χ3v) is 4.15. The van der Waals surface area contributed by atoms with Crippen molar-refractivity contribution < 1.29 is 9.90 Å². The molecule has 1 aromatic heterocycles. The van der Waals surface area contributed by atoms with Gasteiger partial charge in [-0.2, -0.15) is 0 Å². The molecule has 94 valence electrons. The maximum atomic E-state index is 10.8. The monoisotopic (exact) mass is 255 g/mol. The summed E-state index contributed by atoms with van der Waals surface area (Å²) in [6.07, 6.45) is 3.77. The number of carboxylic acids is 1. The molecule has 17 heavy (non-hydrogen) atoms. The van der Waals surface area contributed by atoms with Crippen LogP contribution in [-0.2, 0) is 0 Å². The Morgan fingerprint density at radius 1 is 1.65 bits per heavy atom. The summed E-state index contributed by atoms with van der Waals surface area (Å²) in [4.78, 5) is 19.7. The van der Waals surface area contributed by atoms with Gasteiger partial charge in [-0.25, -0.2) is 9.78 Å². The van der Waals surface area contributed by atoms with Crippen LogP contribution >= 0.6 is 11.3 Å². The lowest BCUT2D eigenvalue weighted by atomic mass is 10.1. The first-order valence-electron chi connectivity index (χ1n) is 5.68. The fourth-order valence-electron chi connectivity index (χ4n) is 2.06. The molecule has 1 aromatic rings. The van der Waals surface area contributed by atoms with Crippen LogP contribution in [0.25, 0.3) is 0 Å². The van der Waals surface area contributed by atoms with E-state index in [1.54, 1.807) is 0 Å². The molecule has 1 unspecified atom stereocenters. The number of anilines is 1. The minimum atomic E-state index is -0.894. The van der Waals surface area contributed by atoms with Crippen molar-refractivity contribution in [3.05, 3.63) is 11.1 Å². The zero-order chi connectivity index (χ0) is 12.4. The molecular formula is C11H17N3O2S. The molecule has 0 aromatic carbocycles. The van der Waals surface area contributed by atoms with Crippen LogP contribution in [0.15, 0.2) is 6.20 Å². The molecule has 0 bridgehead atoms. The molecule has 1 atom stereocenters. The SMILES string of the molecule is CN(C)C1CCCN(c2ncc(C(=O)O)s2)C1. The summed E-state index contributed by atoms with van der Waals surface area (Å²) in [6, 6.07) is 0.529. The first kappa shape index (κ1) is 12.3. The minimum absolute atomic E-state index is 0.312. The third kappa shape index (κ3) is 2.76. The van der Waals surface area contributed by atoms with Gasteiger partial charge in [-0.05, 0) is 26.9 Å². The Bertz CT molecular complexity index is 405. The van der Waals surface area contributed by atoms with Crippen molar-refractivity contribution in [2.45, 2.75) is 18.9 Å². The predicted octanol–water partition coefficient (Wildman–Crippen LogP) is 1.37. The zero-order valence-corrected chi connectivity index (χ0v) is 10.9. The van der Waals surface area contributed by atoms with Gasteiger partial charge in [0.05, 0.1) is 6.20 Å². The number of nitrogens with zero attached hydrogens (tertiary/aromatic N) is 3. The van der Waals surface area contributed by atoms with E-state index in [1.165, 1.54) is 24.0 Å². The van der Waals surface area contributed by atoms with E-state index in [2.05, 4.69) is 28.9 Å². The van der Waals surface area contributed by atoms with Crippen LogP contribution in [-0.4, -0.2) is 54.2 Å². The quantitative estimate of drug-likeness (QED) is 0.884. The number of carboxylic acid groups (broad SMARTS) is 1. The van der Waals surface area contributed by atoms with E-state index in [-0.39, 0.29) is 0 Å². The maximum Gasteiger partial charge on any atom is 0.347 e. The molecule has 0 radical (unpaired) electrons. The molecular weight excluding hydrogens is 238 g/mol.